The van der Waals surface area contributed by atoms with Crippen LogP contribution in [0.3, 0.4) is 0 Å². The fraction of sp³-hybridized carbons (Fsp3) is 0.150. The molecule has 0 N–H and O–H groups in total. The first-order valence-electron chi connectivity index (χ1n) is 7.79. The Bertz CT molecular complexity index is 902. The van der Waals surface area contributed by atoms with Gasteiger partial charge in [-0.15, -0.1) is 0 Å². The van der Waals surface area contributed by atoms with Gasteiger partial charge in [0.1, 0.15) is 18.9 Å². The lowest BCUT2D eigenvalue weighted by Gasteiger charge is -2.10. The second kappa shape index (κ2) is 6.71. The second-order valence-corrected chi connectivity index (χ2v) is 5.71. The molecule has 0 fully saturated rings. The van der Waals surface area contributed by atoms with E-state index < -0.39 is 0 Å². The molecule has 0 saturated heterocycles. The Labute approximate surface area is 153 Å². The summed E-state index contributed by atoms with van der Waals surface area (Å²) < 4.78 is 4.46. The van der Waals surface area contributed by atoms with E-state index in [0.29, 0.717) is 0 Å². The summed E-state index contributed by atoms with van der Waals surface area (Å²) in [5.74, 6) is 0. The average Bonchev–Trinajstić information content (AvgIpc) is 3.02. The van der Waals surface area contributed by atoms with Gasteiger partial charge in [-0.2, -0.15) is 0 Å². The minimum Gasteiger partial charge on any atom is -1.00 e. The second-order valence-electron chi connectivity index (χ2n) is 5.71. The standard InChI is InChI=1S/C20H19N2.HI/c1-2-21-11-12-22(15-21)14-20-18-9-5-3-7-16(18)13-17-8-4-6-10-19(17)20;/h3-13,15H,2,14H2,1H3;1H/q+1;/p-1. The van der Waals surface area contributed by atoms with Crippen LogP contribution in [0, 0.1) is 0 Å². The van der Waals surface area contributed by atoms with E-state index in [2.05, 4.69) is 89.4 Å². The average molecular weight is 414 g/mol. The molecule has 0 radical (unpaired) electrons. The quantitative estimate of drug-likeness (QED) is 0.270. The first-order chi connectivity index (χ1) is 10.8. The van der Waals surface area contributed by atoms with Crippen LogP contribution < -0.4 is 28.5 Å². The highest BCUT2D eigenvalue weighted by atomic mass is 127. The molecule has 4 aromatic rings. The lowest BCUT2D eigenvalue weighted by molar-refractivity contribution is -0.687. The molecule has 0 aliphatic heterocycles. The Morgan fingerprint density at radius 1 is 0.913 bits per heavy atom. The van der Waals surface area contributed by atoms with Gasteiger partial charge in [-0.25, -0.2) is 9.13 Å². The van der Waals surface area contributed by atoms with E-state index in [-0.39, 0.29) is 24.0 Å². The maximum absolute atomic E-state index is 2.29. The maximum atomic E-state index is 2.29. The SMILES string of the molecule is CCn1cc[n+](Cc2c3ccccc3cc3ccccc23)c1.[I-]. The van der Waals surface area contributed by atoms with Crippen LogP contribution in [0.2, 0.25) is 0 Å². The van der Waals surface area contributed by atoms with Crippen molar-refractivity contribution in [2.45, 2.75) is 20.0 Å². The van der Waals surface area contributed by atoms with Crippen molar-refractivity contribution < 1.29 is 28.5 Å². The van der Waals surface area contributed by atoms with Crippen molar-refractivity contribution in [1.82, 2.24) is 4.57 Å². The van der Waals surface area contributed by atoms with E-state index in [9.17, 15) is 0 Å². The molecule has 0 aliphatic carbocycles. The van der Waals surface area contributed by atoms with Crippen LogP contribution in [0.15, 0.2) is 73.3 Å². The van der Waals surface area contributed by atoms with E-state index in [0.717, 1.165) is 13.1 Å². The molecule has 0 amide bonds. The number of halogens is 1. The predicted molar refractivity (Wildman–Crippen MR) is 90.9 cm³/mol. The van der Waals surface area contributed by atoms with Gasteiger partial charge >= 0.3 is 0 Å². The number of aryl methyl sites for hydroxylation is 1. The van der Waals surface area contributed by atoms with E-state index >= 15 is 0 Å². The molecule has 4 rings (SSSR count). The van der Waals surface area contributed by atoms with Crippen molar-refractivity contribution in [3.8, 4) is 0 Å². The number of hydrogen-bond acceptors (Lipinski definition) is 0. The Kier molecular flexibility index (Phi) is 4.66. The van der Waals surface area contributed by atoms with Gasteiger partial charge < -0.3 is 24.0 Å². The third kappa shape index (κ3) is 2.98. The molecule has 0 spiro atoms. The largest absolute Gasteiger partial charge is 1.00 e. The molecule has 0 bridgehead atoms. The smallest absolute Gasteiger partial charge is 0.244 e. The summed E-state index contributed by atoms with van der Waals surface area (Å²) in [5.41, 5.74) is 1.40. The zero-order chi connectivity index (χ0) is 14.9. The van der Waals surface area contributed by atoms with E-state index in [4.69, 9.17) is 0 Å². The Hall–Kier alpha value is -1.88. The van der Waals surface area contributed by atoms with Crippen molar-refractivity contribution in [3.05, 3.63) is 78.9 Å². The van der Waals surface area contributed by atoms with Gasteiger partial charge in [0.2, 0.25) is 6.33 Å². The predicted octanol–water partition coefficient (Wildman–Crippen LogP) is 1.15. The van der Waals surface area contributed by atoms with Gasteiger partial charge in [-0.05, 0) is 34.5 Å². The number of fused-ring (bicyclic) bond motifs is 2. The Balaban J connectivity index is 0.00000156. The molecule has 0 unspecified atom stereocenters. The monoisotopic (exact) mass is 414 g/mol. The van der Waals surface area contributed by atoms with Gasteiger partial charge in [-0.1, -0.05) is 48.5 Å². The number of benzene rings is 3. The number of aromatic nitrogens is 2. The van der Waals surface area contributed by atoms with Gasteiger partial charge in [-0.3, -0.25) is 0 Å². The summed E-state index contributed by atoms with van der Waals surface area (Å²) in [5, 5.41) is 5.31. The molecule has 0 aliphatic rings. The topological polar surface area (TPSA) is 8.81 Å². The van der Waals surface area contributed by atoms with Crippen molar-refractivity contribution in [2.75, 3.05) is 0 Å². The molecule has 0 saturated carbocycles. The van der Waals surface area contributed by atoms with Crippen LogP contribution in [0.1, 0.15) is 12.5 Å². The third-order valence-corrected chi connectivity index (χ3v) is 4.33. The molecule has 3 aromatic carbocycles. The lowest BCUT2D eigenvalue weighted by Crippen LogP contribution is -3.00. The van der Waals surface area contributed by atoms with E-state index in [1.54, 1.807) is 0 Å². The minimum absolute atomic E-state index is 0. The molecule has 23 heavy (non-hydrogen) atoms. The Morgan fingerprint density at radius 2 is 1.52 bits per heavy atom. The van der Waals surface area contributed by atoms with Gasteiger partial charge in [0.25, 0.3) is 0 Å². The zero-order valence-corrected chi connectivity index (χ0v) is 15.3. The number of nitrogens with zero attached hydrogens (tertiary/aromatic N) is 2. The normalized spacial score (nSPS) is 10.8. The summed E-state index contributed by atoms with van der Waals surface area (Å²) >= 11 is 0. The van der Waals surface area contributed by atoms with Gasteiger partial charge in [0, 0.05) is 5.56 Å². The lowest BCUT2D eigenvalue weighted by atomic mass is 9.97. The highest BCUT2D eigenvalue weighted by molar-refractivity contribution is 6.02. The van der Waals surface area contributed by atoms with Crippen molar-refractivity contribution >= 4 is 21.5 Å². The fourth-order valence-electron chi connectivity index (χ4n) is 3.18. The molecule has 0 atom stereocenters. The summed E-state index contributed by atoms with van der Waals surface area (Å²) in [6, 6.07) is 19.6. The fourth-order valence-corrected chi connectivity index (χ4v) is 3.18. The molecular weight excluding hydrogens is 395 g/mol. The van der Waals surface area contributed by atoms with E-state index in [1.807, 2.05) is 0 Å². The number of rotatable bonds is 3. The molecule has 1 aromatic heterocycles. The molecule has 1 heterocycles. The Morgan fingerprint density at radius 3 is 2.09 bits per heavy atom. The summed E-state index contributed by atoms with van der Waals surface area (Å²) in [6.07, 6.45) is 6.46. The van der Waals surface area contributed by atoms with E-state index in [1.165, 1.54) is 27.1 Å². The molecule has 116 valence electrons. The van der Waals surface area contributed by atoms with Crippen LogP contribution in [0.25, 0.3) is 21.5 Å². The van der Waals surface area contributed by atoms with Crippen LogP contribution >= 0.6 is 0 Å². The van der Waals surface area contributed by atoms with Crippen molar-refractivity contribution in [3.63, 3.8) is 0 Å². The van der Waals surface area contributed by atoms with Gasteiger partial charge in [0.05, 0.1) is 6.54 Å². The summed E-state index contributed by atoms with van der Waals surface area (Å²) in [7, 11) is 0. The minimum atomic E-state index is 0. The van der Waals surface area contributed by atoms with Crippen molar-refractivity contribution in [1.29, 1.82) is 0 Å². The van der Waals surface area contributed by atoms with Crippen LogP contribution in [-0.2, 0) is 13.1 Å². The van der Waals surface area contributed by atoms with Crippen molar-refractivity contribution in [2.24, 2.45) is 0 Å². The summed E-state index contributed by atoms with van der Waals surface area (Å²) in [6.45, 7) is 4.07. The highest BCUT2D eigenvalue weighted by Gasteiger charge is 2.11. The van der Waals surface area contributed by atoms with Crippen LogP contribution in [0.4, 0.5) is 0 Å². The zero-order valence-electron chi connectivity index (χ0n) is 13.1. The molecular formula is C20H19IN2. The van der Waals surface area contributed by atoms with Gasteiger partial charge in [0.15, 0.2) is 0 Å². The highest BCUT2D eigenvalue weighted by Crippen LogP contribution is 2.28. The molecule has 2 nitrogen and oxygen atoms in total. The first-order valence-corrected chi connectivity index (χ1v) is 7.79. The molecule has 3 heteroatoms. The maximum Gasteiger partial charge on any atom is 0.244 e. The number of hydrogen-bond donors (Lipinski definition) is 0. The number of imidazole rings is 1. The summed E-state index contributed by atoms with van der Waals surface area (Å²) in [4.78, 5) is 0. The first kappa shape index (κ1) is 16.0. The third-order valence-electron chi connectivity index (χ3n) is 4.33. The van der Waals surface area contributed by atoms with Crippen LogP contribution in [0.5, 0.6) is 0 Å². The van der Waals surface area contributed by atoms with Crippen LogP contribution in [-0.4, -0.2) is 4.57 Å².